The lowest BCUT2D eigenvalue weighted by atomic mass is 9.33. The fraction of sp³-hybridized carbons (Fsp3) is 0.319. The second kappa shape index (κ2) is 21.9. The van der Waals surface area contributed by atoms with Crippen LogP contribution in [0.25, 0.3) is 49.7 Å². The van der Waals surface area contributed by atoms with Crippen LogP contribution in [0.2, 0.25) is 0 Å². The first-order valence-electron chi connectivity index (χ1n) is 36.5. The lowest BCUT2D eigenvalue weighted by Crippen LogP contribution is -2.61. The largest absolute Gasteiger partial charge is 0.311 e. The van der Waals surface area contributed by atoms with E-state index in [1.165, 1.54) is 135 Å². The average Bonchev–Trinajstić information content (AvgIpc) is 0.696. The van der Waals surface area contributed by atoms with Gasteiger partial charge in [-0.2, -0.15) is 0 Å². The van der Waals surface area contributed by atoms with Crippen LogP contribution in [-0.2, 0) is 23.7 Å². The Hall–Kier alpha value is -8.66. The summed E-state index contributed by atoms with van der Waals surface area (Å²) in [6.07, 6.45) is 21.5. The number of hydrogen-bond acceptors (Lipinski definition) is 2. The molecule has 2 nitrogen and oxygen atoms in total. The average molecular weight is 1260 g/mol. The molecule has 2 aliphatic heterocycles. The minimum atomic E-state index is -0.173. The third-order valence-electron chi connectivity index (χ3n) is 24.1. The summed E-state index contributed by atoms with van der Waals surface area (Å²) in [7, 11) is 0. The van der Waals surface area contributed by atoms with Gasteiger partial charge >= 0.3 is 0 Å². The molecular formula is C94H95BN2. The predicted molar refractivity (Wildman–Crippen MR) is 416 cm³/mol. The van der Waals surface area contributed by atoms with Gasteiger partial charge in [0, 0.05) is 46.0 Å². The molecule has 9 aromatic carbocycles. The first kappa shape index (κ1) is 61.9. The Balaban J connectivity index is 0.963. The van der Waals surface area contributed by atoms with E-state index in [1.54, 1.807) is 27.6 Å². The van der Waals surface area contributed by atoms with Gasteiger partial charge in [0.15, 0.2) is 0 Å². The maximum absolute atomic E-state index is 2.71. The molecule has 0 saturated carbocycles. The number of nitrogens with zero attached hydrogens (tertiary/aromatic N) is 2. The van der Waals surface area contributed by atoms with E-state index in [0.29, 0.717) is 23.7 Å². The van der Waals surface area contributed by atoms with Crippen LogP contribution < -0.4 is 26.2 Å². The number of anilines is 6. The van der Waals surface area contributed by atoms with Crippen molar-refractivity contribution in [3.05, 3.63) is 274 Å². The summed E-state index contributed by atoms with van der Waals surface area (Å²) in [4.78, 5) is 5.31. The molecule has 5 atom stereocenters. The second-order valence-electron chi connectivity index (χ2n) is 35.4. The van der Waals surface area contributed by atoms with E-state index in [9.17, 15) is 0 Å². The van der Waals surface area contributed by atoms with Crippen molar-refractivity contribution >= 4 is 73.6 Å². The number of benzene rings is 9. The monoisotopic (exact) mass is 1260 g/mol. The van der Waals surface area contributed by atoms with Crippen LogP contribution in [0.1, 0.15) is 162 Å². The smallest absolute Gasteiger partial charge is 0.252 e. The molecule has 0 radical (unpaired) electrons. The van der Waals surface area contributed by atoms with Crippen LogP contribution in [-0.4, -0.2) is 6.71 Å². The molecule has 8 aliphatic rings. The third-order valence-corrected chi connectivity index (χ3v) is 24.1. The van der Waals surface area contributed by atoms with Crippen LogP contribution >= 0.6 is 0 Å². The highest BCUT2D eigenvalue weighted by atomic mass is 15.2. The van der Waals surface area contributed by atoms with Crippen molar-refractivity contribution in [2.45, 2.75) is 153 Å². The summed E-state index contributed by atoms with van der Waals surface area (Å²) in [6.45, 7) is 36.2. The lowest BCUT2D eigenvalue weighted by molar-refractivity contribution is 0.197. The van der Waals surface area contributed by atoms with Gasteiger partial charge in [0.25, 0.3) is 6.71 Å². The van der Waals surface area contributed by atoms with Gasteiger partial charge in [0.1, 0.15) is 0 Å². The standard InChI is InChI=1S/C94H95BN2/c1-90(2,3)68-42-62-26-28-64-44-70(92(7,8)9)52-77-75(48-66(46-68)85(62)87(64)77)60-34-40-81-79(50-60)95-80-51-61(76-49-67-47-69(91(4,5)6)43-63-27-29-65-45-71(93(10,11)12)53-78(76)88(65)86(63)67)35-41-82(80)97(74-38-32-59(33-39-74)57-24-20-17-21-25-57)84-55-72(94(13,14)15)54-83(89(84)95)96(81)73-36-30-58(31-37-73)56-22-18-16-19-23-56/h16-26,28,30-41,44-46,48-55,62-63,69,85,87H,27,29,42-43,47H2,1-15H3. The zero-order valence-electron chi connectivity index (χ0n) is 60.1. The Morgan fingerprint density at radius 2 is 1.01 bits per heavy atom. The van der Waals surface area contributed by atoms with Crippen molar-refractivity contribution in [1.29, 1.82) is 0 Å². The van der Waals surface area contributed by atoms with Gasteiger partial charge in [-0.05, 0) is 253 Å². The highest BCUT2D eigenvalue weighted by molar-refractivity contribution is 7.00. The van der Waals surface area contributed by atoms with Gasteiger partial charge in [-0.1, -0.05) is 267 Å². The van der Waals surface area contributed by atoms with E-state index in [-0.39, 0.29) is 39.7 Å². The van der Waals surface area contributed by atoms with Gasteiger partial charge < -0.3 is 9.80 Å². The van der Waals surface area contributed by atoms with Crippen molar-refractivity contribution in [2.24, 2.45) is 39.9 Å². The quantitative estimate of drug-likeness (QED) is 0.153. The molecule has 97 heavy (non-hydrogen) atoms. The second-order valence-corrected chi connectivity index (χ2v) is 35.4. The molecule has 484 valence electrons. The number of allylic oxidation sites excluding steroid dienone is 12. The van der Waals surface area contributed by atoms with Crippen LogP contribution in [0, 0.1) is 39.9 Å². The summed E-state index contributed by atoms with van der Waals surface area (Å²) < 4.78 is 0. The zero-order chi connectivity index (χ0) is 67.1. The molecule has 2 heterocycles. The van der Waals surface area contributed by atoms with E-state index < -0.39 is 0 Å². The fourth-order valence-corrected chi connectivity index (χ4v) is 18.5. The molecule has 0 fully saturated rings. The summed E-state index contributed by atoms with van der Waals surface area (Å²) >= 11 is 0. The summed E-state index contributed by atoms with van der Waals surface area (Å²) in [5.41, 5.74) is 36.5. The Morgan fingerprint density at radius 3 is 1.58 bits per heavy atom. The maximum atomic E-state index is 2.71. The normalized spacial score (nSPS) is 20.7. The van der Waals surface area contributed by atoms with E-state index in [1.807, 2.05) is 0 Å². The zero-order valence-corrected chi connectivity index (χ0v) is 60.1. The van der Waals surface area contributed by atoms with Crippen LogP contribution in [0.3, 0.4) is 0 Å². The van der Waals surface area contributed by atoms with Gasteiger partial charge in [-0.25, -0.2) is 0 Å². The highest BCUT2D eigenvalue weighted by Crippen LogP contribution is 2.59. The summed E-state index contributed by atoms with van der Waals surface area (Å²) in [5, 5.41) is 2.99. The Bertz CT molecular complexity index is 4950. The van der Waals surface area contributed by atoms with Crippen LogP contribution in [0.4, 0.5) is 34.1 Å². The van der Waals surface area contributed by atoms with Crippen molar-refractivity contribution in [3.63, 3.8) is 0 Å². The van der Waals surface area contributed by atoms with Crippen molar-refractivity contribution in [3.8, 4) is 33.4 Å². The number of hydrogen-bond donors (Lipinski definition) is 0. The molecule has 0 N–H and O–H groups in total. The SMILES string of the molecule is CC(C)(C)C1=CC2=C(c3ccc4c(c3)B3c5cc(-c6cc7c8c9c(cc(C(C)(C)C)cc69)CCC8CC(C(C)(C)C)C7)ccc5N(c5ccc(-c6ccccc6)cc5)c5cc(C(C)(C)C)cc(c53)N4c3ccc(-c4ccccc4)cc3)C=C3C=C(C(C)(C)C)CC4C=CC(=C1)C2C34. The van der Waals surface area contributed by atoms with E-state index >= 15 is 0 Å². The molecule has 0 saturated heterocycles. The molecule has 5 unspecified atom stereocenters. The van der Waals surface area contributed by atoms with E-state index in [0.717, 1.165) is 30.6 Å². The minimum Gasteiger partial charge on any atom is -0.311 e. The molecule has 0 amide bonds. The van der Waals surface area contributed by atoms with Gasteiger partial charge in [0.2, 0.25) is 0 Å². The fourth-order valence-electron chi connectivity index (χ4n) is 18.5. The van der Waals surface area contributed by atoms with Crippen molar-refractivity contribution in [1.82, 2.24) is 0 Å². The highest BCUT2D eigenvalue weighted by Gasteiger charge is 2.48. The number of rotatable bonds is 6. The first-order valence-corrected chi connectivity index (χ1v) is 36.5. The van der Waals surface area contributed by atoms with E-state index in [2.05, 4.69) is 326 Å². The molecule has 3 heteroatoms. The molecule has 9 aromatic rings. The molecular weight excluding hydrogens is 1170 g/mol. The summed E-state index contributed by atoms with van der Waals surface area (Å²) in [5.74, 6) is 2.35. The van der Waals surface area contributed by atoms with E-state index in [4.69, 9.17) is 0 Å². The van der Waals surface area contributed by atoms with Crippen LogP contribution in [0.5, 0.6) is 0 Å². The molecule has 0 bridgehead atoms. The topological polar surface area (TPSA) is 6.48 Å². The molecule has 17 rings (SSSR count). The summed E-state index contributed by atoms with van der Waals surface area (Å²) in [6, 6.07) is 69.2. The Kier molecular flexibility index (Phi) is 14.0. The number of aryl methyl sites for hydroxylation is 1. The predicted octanol–water partition coefficient (Wildman–Crippen LogP) is 23.6. The van der Waals surface area contributed by atoms with Gasteiger partial charge in [-0.3, -0.25) is 0 Å². The van der Waals surface area contributed by atoms with Crippen LogP contribution in [0.15, 0.2) is 240 Å². The lowest BCUT2D eigenvalue weighted by Gasteiger charge is -2.48. The Morgan fingerprint density at radius 1 is 0.454 bits per heavy atom. The molecule has 0 aromatic heterocycles. The third kappa shape index (κ3) is 10.2. The van der Waals surface area contributed by atoms with Gasteiger partial charge in [0.05, 0.1) is 0 Å². The molecule has 6 aliphatic carbocycles. The maximum Gasteiger partial charge on any atom is 0.252 e. The first-order chi connectivity index (χ1) is 46.2. The molecule has 0 spiro atoms. The Labute approximate surface area is 579 Å². The van der Waals surface area contributed by atoms with Crippen molar-refractivity contribution < 1.29 is 0 Å². The minimum absolute atomic E-state index is 0.00958. The van der Waals surface area contributed by atoms with Gasteiger partial charge in [-0.15, -0.1) is 0 Å². The number of fused-ring (bicyclic) bond motifs is 4. The van der Waals surface area contributed by atoms with Crippen molar-refractivity contribution in [2.75, 3.05) is 9.80 Å².